The second-order valence-electron chi connectivity index (χ2n) is 4.74. The monoisotopic (exact) mass is 321 g/mol. The van der Waals surface area contributed by atoms with Crippen molar-refractivity contribution in [2.45, 2.75) is 12.8 Å². The molecule has 2 rings (SSSR count). The summed E-state index contributed by atoms with van der Waals surface area (Å²) in [5.41, 5.74) is 8.25. The Bertz CT molecular complexity index is 528. The van der Waals surface area contributed by atoms with Crippen LogP contribution in [0.15, 0.2) is 53.0 Å². The van der Waals surface area contributed by atoms with Crippen LogP contribution in [0.3, 0.4) is 0 Å². The number of hydrogen-bond donors (Lipinski definition) is 1. The van der Waals surface area contributed by atoms with Crippen molar-refractivity contribution in [1.29, 1.82) is 0 Å². The lowest BCUT2D eigenvalue weighted by Crippen LogP contribution is -2.19. The largest absolute Gasteiger partial charge is 0.330 e. The van der Waals surface area contributed by atoms with Crippen LogP contribution in [0.4, 0.5) is 4.39 Å². The number of nitrogens with two attached hydrogens (primary N) is 1. The summed E-state index contributed by atoms with van der Waals surface area (Å²) in [7, 11) is 0. The highest BCUT2D eigenvalue weighted by atomic mass is 79.9. The minimum atomic E-state index is -0.226. The molecule has 0 aliphatic heterocycles. The smallest absolute Gasteiger partial charge is 0.137 e. The molecule has 0 aliphatic rings. The van der Waals surface area contributed by atoms with Gasteiger partial charge in [-0.05, 0) is 64.5 Å². The van der Waals surface area contributed by atoms with E-state index in [0.717, 1.165) is 18.4 Å². The highest BCUT2D eigenvalue weighted by molar-refractivity contribution is 9.10. The minimum Gasteiger partial charge on any atom is -0.330 e. The molecule has 0 saturated heterocycles. The van der Waals surface area contributed by atoms with Crippen molar-refractivity contribution in [2.24, 2.45) is 11.7 Å². The van der Waals surface area contributed by atoms with Gasteiger partial charge >= 0.3 is 0 Å². The van der Waals surface area contributed by atoms with Crippen LogP contribution < -0.4 is 5.73 Å². The third-order valence-corrected chi connectivity index (χ3v) is 3.82. The average molecular weight is 322 g/mol. The van der Waals surface area contributed by atoms with Crippen LogP contribution >= 0.6 is 15.9 Å². The Balaban J connectivity index is 2.04. The molecule has 3 heteroatoms. The van der Waals surface area contributed by atoms with Gasteiger partial charge in [-0.2, -0.15) is 0 Å². The van der Waals surface area contributed by atoms with Crippen LogP contribution in [-0.4, -0.2) is 6.54 Å². The van der Waals surface area contributed by atoms with Gasteiger partial charge in [0.15, 0.2) is 0 Å². The van der Waals surface area contributed by atoms with E-state index in [9.17, 15) is 4.39 Å². The Morgan fingerprint density at radius 3 is 2.32 bits per heavy atom. The van der Waals surface area contributed by atoms with Gasteiger partial charge in [0, 0.05) is 0 Å². The zero-order valence-corrected chi connectivity index (χ0v) is 12.2. The molecule has 2 aromatic carbocycles. The molecular formula is C16H17BrFN. The summed E-state index contributed by atoms with van der Waals surface area (Å²) in [5, 5.41) is 0. The Morgan fingerprint density at radius 2 is 1.68 bits per heavy atom. The Kier molecular flexibility index (Phi) is 5.11. The summed E-state index contributed by atoms with van der Waals surface area (Å²) in [6, 6.07) is 15.5. The van der Waals surface area contributed by atoms with Crippen LogP contribution in [-0.2, 0) is 12.8 Å². The maximum atomic E-state index is 13.2. The van der Waals surface area contributed by atoms with Gasteiger partial charge in [-0.25, -0.2) is 4.39 Å². The SMILES string of the molecule is NCC(Cc1ccccc1)Cc1ccc(F)c(Br)c1. The molecular weight excluding hydrogens is 305 g/mol. The molecule has 0 radical (unpaired) electrons. The van der Waals surface area contributed by atoms with Crippen LogP contribution in [0.25, 0.3) is 0 Å². The van der Waals surface area contributed by atoms with Gasteiger partial charge in [-0.15, -0.1) is 0 Å². The molecule has 0 saturated carbocycles. The standard InChI is InChI=1S/C16H17BrFN/c17-15-10-13(6-7-16(15)18)9-14(11-19)8-12-4-2-1-3-5-12/h1-7,10,14H,8-9,11,19H2. The third-order valence-electron chi connectivity index (χ3n) is 3.21. The van der Waals surface area contributed by atoms with E-state index < -0.39 is 0 Å². The molecule has 2 N–H and O–H groups in total. The molecule has 19 heavy (non-hydrogen) atoms. The summed E-state index contributed by atoms with van der Waals surface area (Å²) in [6.07, 6.45) is 1.82. The van der Waals surface area contributed by atoms with Crippen molar-refractivity contribution in [3.8, 4) is 0 Å². The first-order valence-electron chi connectivity index (χ1n) is 6.37. The highest BCUT2D eigenvalue weighted by Crippen LogP contribution is 2.20. The predicted molar refractivity (Wildman–Crippen MR) is 80.5 cm³/mol. The van der Waals surface area contributed by atoms with Gasteiger partial charge in [0.2, 0.25) is 0 Å². The third kappa shape index (κ3) is 4.15. The maximum absolute atomic E-state index is 13.2. The number of hydrogen-bond acceptors (Lipinski definition) is 1. The molecule has 0 amide bonds. The van der Waals surface area contributed by atoms with E-state index in [0.29, 0.717) is 16.9 Å². The fourth-order valence-corrected chi connectivity index (χ4v) is 2.61. The molecule has 0 bridgehead atoms. The molecule has 100 valence electrons. The van der Waals surface area contributed by atoms with Crippen molar-refractivity contribution in [3.63, 3.8) is 0 Å². The quantitative estimate of drug-likeness (QED) is 0.886. The van der Waals surface area contributed by atoms with Gasteiger partial charge < -0.3 is 5.73 Å². The molecule has 1 nitrogen and oxygen atoms in total. The molecule has 1 atom stereocenters. The second-order valence-corrected chi connectivity index (χ2v) is 5.60. The Labute approximate surface area is 121 Å². The molecule has 0 spiro atoms. The van der Waals surface area contributed by atoms with Crippen LogP contribution in [0.2, 0.25) is 0 Å². The summed E-state index contributed by atoms with van der Waals surface area (Å²) in [6.45, 7) is 0.629. The number of halogens is 2. The van der Waals surface area contributed by atoms with Crippen molar-refractivity contribution in [2.75, 3.05) is 6.54 Å². The second kappa shape index (κ2) is 6.83. The minimum absolute atomic E-state index is 0.226. The summed E-state index contributed by atoms with van der Waals surface area (Å²) in [4.78, 5) is 0. The van der Waals surface area contributed by atoms with Crippen LogP contribution in [0.1, 0.15) is 11.1 Å². The molecule has 1 unspecified atom stereocenters. The van der Waals surface area contributed by atoms with E-state index in [4.69, 9.17) is 5.73 Å². The van der Waals surface area contributed by atoms with Crippen molar-refractivity contribution < 1.29 is 4.39 Å². The van der Waals surface area contributed by atoms with E-state index in [2.05, 4.69) is 28.1 Å². The van der Waals surface area contributed by atoms with Gasteiger partial charge in [0.1, 0.15) is 5.82 Å². The molecule has 0 fully saturated rings. The zero-order valence-electron chi connectivity index (χ0n) is 10.7. The Morgan fingerprint density at radius 1 is 1.00 bits per heavy atom. The maximum Gasteiger partial charge on any atom is 0.137 e. The van der Waals surface area contributed by atoms with Crippen LogP contribution in [0, 0.1) is 11.7 Å². The van der Waals surface area contributed by atoms with Crippen molar-refractivity contribution >= 4 is 15.9 Å². The van der Waals surface area contributed by atoms with Crippen molar-refractivity contribution in [3.05, 3.63) is 69.9 Å². The van der Waals surface area contributed by atoms with Gasteiger partial charge in [-0.1, -0.05) is 36.4 Å². The molecule has 2 aromatic rings. The first kappa shape index (κ1) is 14.2. The first-order chi connectivity index (χ1) is 9.19. The van der Waals surface area contributed by atoms with E-state index in [1.807, 2.05) is 30.3 Å². The first-order valence-corrected chi connectivity index (χ1v) is 7.16. The average Bonchev–Trinajstić information content (AvgIpc) is 2.43. The van der Waals surface area contributed by atoms with E-state index in [-0.39, 0.29) is 5.82 Å². The number of rotatable bonds is 5. The lowest BCUT2D eigenvalue weighted by Gasteiger charge is -2.15. The molecule has 0 heterocycles. The molecule has 0 aromatic heterocycles. The van der Waals surface area contributed by atoms with Gasteiger partial charge in [0.05, 0.1) is 4.47 Å². The van der Waals surface area contributed by atoms with E-state index >= 15 is 0 Å². The van der Waals surface area contributed by atoms with E-state index in [1.165, 1.54) is 11.6 Å². The molecule has 0 aliphatic carbocycles. The summed E-state index contributed by atoms with van der Waals surface area (Å²) in [5.74, 6) is 0.149. The topological polar surface area (TPSA) is 26.0 Å². The van der Waals surface area contributed by atoms with Crippen LogP contribution in [0.5, 0.6) is 0 Å². The number of benzene rings is 2. The summed E-state index contributed by atoms with van der Waals surface area (Å²) < 4.78 is 13.7. The highest BCUT2D eigenvalue weighted by Gasteiger charge is 2.10. The van der Waals surface area contributed by atoms with Gasteiger partial charge in [-0.3, -0.25) is 0 Å². The normalized spacial score (nSPS) is 12.4. The van der Waals surface area contributed by atoms with Crippen molar-refractivity contribution in [1.82, 2.24) is 0 Å². The fraction of sp³-hybridized carbons (Fsp3) is 0.250. The lowest BCUT2D eigenvalue weighted by atomic mass is 9.93. The van der Waals surface area contributed by atoms with Gasteiger partial charge in [0.25, 0.3) is 0 Å². The Hall–Kier alpha value is -1.19. The van der Waals surface area contributed by atoms with E-state index in [1.54, 1.807) is 0 Å². The predicted octanol–water partition coefficient (Wildman–Crippen LogP) is 3.95. The fourth-order valence-electron chi connectivity index (χ4n) is 2.19. The zero-order chi connectivity index (χ0) is 13.7. The summed E-state index contributed by atoms with van der Waals surface area (Å²) >= 11 is 3.22. The lowest BCUT2D eigenvalue weighted by molar-refractivity contribution is 0.532.